The molecule has 0 aliphatic heterocycles. The minimum atomic E-state index is 0.470. The van der Waals surface area contributed by atoms with Crippen molar-refractivity contribution in [3.8, 4) is 0 Å². The van der Waals surface area contributed by atoms with Gasteiger partial charge >= 0.3 is 0 Å². The van der Waals surface area contributed by atoms with E-state index in [9.17, 15) is 0 Å². The molecule has 3 heteroatoms. The molecule has 1 aromatic heterocycles. The van der Waals surface area contributed by atoms with Crippen LogP contribution in [0.5, 0.6) is 0 Å². The molecule has 2 unspecified atom stereocenters. The minimum Gasteiger partial charge on any atom is -0.313 e. The molecule has 0 radical (unpaired) electrons. The number of hydrogen-bond donors (Lipinski definition) is 1. The highest BCUT2D eigenvalue weighted by atomic mass is 15.3. The molecular weight excluding hydrogens is 186 g/mol. The van der Waals surface area contributed by atoms with Crippen LogP contribution in [0.15, 0.2) is 12.4 Å². The standard InChI is InChI=1S/C12H21N3/c1-4-15-8-11(7-14-15)12(13-3)9(2)10-5-6-10/h7-10,12-13H,4-6H2,1-3H3. The maximum atomic E-state index is 4.34. The van der Waals surface area contributed by atoms with Crippen molar-refractivity contribution in [1.82, 2.24) is 15.1 Å². The number of aryl methyl sites for hydroxylation is 1. The molecule has 2 atom stereocenters. The number of aromatic nitrogens is 2. The van der Waals surface area contributed by atoms with E-state index in [4.69, 9.17) is 0 Å². The molecule has 1 saturated carbocycles. The minimum absolute atomic E-state index is 0.470. The Morgan fingerprint density at radius 3 is 2.80 bits per heavy atom. The van der Waals surface area contributed by atoms with Gasteiger partial charge in [0.15, 0.2) is 0 Å². The van der Waals surface area contributed by atoms with Crippen LogP contribution < -0.4 is 5.32 Å². The lowest BCUT2D eigenvalue weighted by atomic mass is 9.93. The van der Waals surface area contributed by atoms with Crippen LogP contribution in [0.3, 0.4) is 0 Å². The molecule has 0 aromatic carbocycles. The molecular formula is C12H21N3. The van der Waals surface area contributed by atoms with Gasteiger partial charge in [-0.2, -0.15) is 5.10 Å². The Kier molecular flexibility index (Phi) is 3.10. The smallest absolute Gasteiger partial charge is 0.0537 e. The molecule has 0 spiro atoms. The monoisotopic (exact) mass is 207 g/mol. The van der Waals surface area contributed by atoms with Gasteiger partial charge in [-0.1, -0.05) is 6.92 Å². The van der Waals surface area contributed by atoms with Gasteiger partial charge in [0.25, 0.3) is 0 Å². The molecule has 1 N–H and O–H groups in total. The highest BCUT2D eigenvalue weighted by molar-refractivity contribution is 5.12. The summed E-state index contributed by atoms with van der Waals surface area (Å²) in [5.74, 6) is 1.65. The molecule has 0 amide bonds. The largest absolute Gasteiger partial charge is 0.313 e. The first-order chi connectivity index (χ1) is 7.26. The highest BCUT2D eigenvalue weighted by Gasteiger charge is 2.33. The van der Waals surface area contributed by atoms with Crippen LogP contribution in [0, 0.1) is 11.8 Å². The Labute approximate surface area is 91.9 Å². The summed E-state index contributed by atoms with van der Waals surface area (Å²) in [5, 5.41) is 7.77. The molecule has 1 heterocycles. The average molecular weight is 207 g/mol. The Morgan fingerprint density at radius 1 is 1.60 bits per heavy atom. The van der Waals surface area contributed by atoms with Crippen LogP contribution in [0.2, 0.25) is 0 Å². The molecule has 1 aliphatic carbocycles. The van der Waals surface area contributed by atoms with E-state index in [2.05, 4.69) is 30.5 Å². The number of nitrogens with one attached hydrogen (secondary N) is 1. The molecule has 1 fully saturated rings. The van der Waals surface area contributed by atoms with Gasteiger partial charge in [0.2, 0.25) is 0 Å². The van der Waals surface area contributed by atoms with E-state index in [-0.39, 0.29) is 0 Å². The topological polar surface area (TPSA) is 29.9 Å². The zero-order chi connectivity index (χ0) is 10.8. The van der Waals surface area contributed by atoms with Crippen LogP contribution in [-0.2, 0) is 6.54 Å². The summed E-state index contributed by atoms with van der Waals surface area (Å²) < 4.78 is 2.00. The maximum Gasteiger partial charge on any atom is 0.0537 e. The van der Waals surface area contributed by atoms with Gasteiger partial charge < -0.3 is 5.32 Å². The van der Waals surface area contributed by atoms with E-state index >= 15 is 0 Å². The van der Waals surface area contributed by atoms with Crippen molar-refractivity contribution < 1.29 is 0 Å². The molecule has 84 valence electrons. The van der Waals surface area contributed by atoms with Crippen LogP contribution >= 0.6 is 0 Å². The molecule has 0 bridgehead atoms. The first kappa shape index (κ1) is 10.7. The van der Waals surface area contributed by atoms with Gasteiger partial charge in [0.05, 0.1) is 6.20 Å². The lowest BCUT2D eigenvalue weighted by Gasteiger charge is -2.22. The van der Waals surface area contributed by atoms with Crippen LogP contribution in [-0.4, -0.2) is 16.8 Å². The van der Waals surface area contributed by atoms with Gasteiger partial charge in [-0.3, -0.25) is 4.68 Å². The van der Waals surface area contributed by atoms with E-state index in [0.717, 1.165) is 18.4 Å². The number of hydrogen-bond acceptors (Lipinski definition) is 2. The lowest BCUT2D eigenvalue weighted by Crippen LogP contribution is -2.24. The van der Waals surface area contributed by atoms with Crippen molar-refractivity contribution in [3.05, 3.63) is 18.0 Å². The molecule has 15 heavy (non-hydrogen) atoms. The van der Waals surface area contributed by atoms with Crippen LogP contribution in [0.25, 0.3) is 0 Å². The summed E-state index contributed by atoms with van der Waals surface area (Å²) in [5.41, 5.74) is 1.33. The fourth-order valence-electron chi connectivity index (χ4n) is 2.34. The van der Waals surface area contributed by atoms with Crippen LogP contribution in [0.4, 0.5) is 0 Å². The summed E-state index contributed by atoms with van der Waals surface area (Å²) in [7, 11) is 2.05. The van der Waals surface area contributed by atoms with E-state index in [1.54, 1.807) is 0 Å². The summed E-state index contributed by atoms with van der Waals surface area (Å²) in [6.45, 7) is 5.42. The quantitative estimate of drug-likeness (QED) is 0.802. The Hall–Kier alpha value is -0.830. The normalized spacial score (nSPS) is 20.2. The van der Waals surface area contributed by atoms with Gasteiger partial charge in [0.1, 0.15) is 0 Å². The van der Waals surface area contributed by atoms with E-state index in [0.29, 0.717) is 6.04 Å². The third-order valence-electron chi connectivity index (χ3n) is 3.54. The van der Waals surface area contributed by atoms with Crippen molar-refractivity contribution in [3.63, 3.8) is 0 Å². The third-order valence-corrected chi connectivity index (χ3v) is 3.54. The average Bonchev–Trinajstić information content (AvgIpc) is 3.00. The van der Waals surface area contributed by atoms with E-state index in [1.165, 1.54) is 18.4 Å². The fraction of sp³-hybridized carbons (Fsp3) is 0.750. The van der Waals surface area contributed by atoms with Crippen molar-refractivity contribution in [2.24, 2.45) is 11.8 Å². The lowest BCUT2D eigenvalue weighted by molar-refractivity contribution is 0.369. The predicted octanol–water partition coefficient (Wildman–Crippen LogP) is 2.21. The Balaban J connectivity index is 2.10. The summed E-state index contributed by atoms with van der Waals surface area (Å²) in [4.78, 5) is 0. The molecule has 1 aliphatic rings. The summed E-state index contributed by atoms with van der Waals surface area (Å²) in [6, 6.07) is 0.470. The molecule has 3 nitrogen and oxygen atoms in total. The Morgan fingerprint density at radius 2 is 2.33 bits per heavy atom. The highest BCUT2D eigenvalue weighted by Crippen LogP contribution is 2.42. The van der Waals surface area contributed by atoms with Crippen molar-refractivity contribution >= 4 is 0 Å². The van der Waals surface area contributed by atoms with Crippen molar-refractivity contribution in [2.75, 3.05) is 7.05 Å². The second-order valence-electron chi connectivity index (χ2n) is 4.59. The number of nitrogens with zero attached hydrogens (tertiary/aromatic N) is 2. The van der Waals surface area contributed by atoms with Gasteiger partial charge in [-0.25, -0.2) is 0 Å². The zero-order valence-electron chi connectivity index (χ0n) is 9.90. The molecule has 1 aromatic rings. The molecule has 0 saturated heterocycles. The number of rotatable bonds is 5. The summed E-state index contributed by atoms with van der Waals surface area (Å²) in [6.07, 6.45) is 6.98. The molecule has 2 rings (SSSR count). The van der Waals surface area contributed by atoms with Crippen molar-refractivity contribution in [1.29, 1.82) is 0 Å². The second kappa shape index (κ2) is 4.35. The second-order valence-corrected chi connectivity index (χ2v) is 4.59. The Bertz CT molecular complexity index is 314. The summed E-state index contributed by atoms with van der Waals surface area (Å²) >= 11 is 0. The van der Waals surface area contributed by atoms with Crippen molar-refractivity contribution in [2.45, 2.75) is 39.3 Å². The van der Waals surface area contributed by atoms with Crippen LogP contribution in [0.1, 0.15) is 38.3 Å². The third kappa shape index (κ3) is 2.23. The fourth-order valence-corrected chi connectivity index (χ4v) is 2.34. The predicted molar refractivity (Wildman–Crippen MR) is 61.6 cm³/mol. The van der Waals surface area contributed by atoms with E-state index < -0.39 is 0 Å². The van der Waals surface area contributed by atoms with E-state index in [1.807, 2.05) is 17.9 Å². The first-order valence-corrected chi connectivity index (χ1v) is 5.95. The van der Waals surface area contributed by atoms with Gasteiger partial charge in [-0.05, 0) is 38.6 Å². The van der Waals surface area contributed by atoms with Gasteiger partial charge in [0, 0.05) is 24.3 Å². The van der Waals surface area contributed by atoms with Gasteiger partial charge in [-0.15, -0.1) is 0 Å². The maximum absolute atomic E-state index is 4.34. The SMILES string of the molecule is CCn1cc(C(NC)C(C)C2CC2)cn1. The zero-order valence-corrected chi connectivity index (χ0v) is 9.90. The first-order valence-electron chi connectivity index (χ1n) is 5.95.